The number of hydrogen-bond acceptors (Lipinski definition) is 4. The number of methoxy groups -OCH3 is 1. The average Bonchev–Trinajstić information content (AvgIpc) is 3.04. The molecule has 2 aromatic carbocycles. The van der Waals surface area contributed by atoms with Crippen molar-refractivity contribution in [3.05, 3.63) is 65.4 Å². The summed E-state index contributed by atoms with van der Waals surface area (Å²) in [6.07, 6.45) is -3.51. The Morgan fingerprint density at radius 3 is 2.45 bits per heavy atom. The summed E-state index contributed by atoms with van der Waals surface area (Å²) in [7, 11) is 1.57. The van der Waals surface area contributed by atoms with Gasteiger partial charge in [-0.3, -0.25) is 4.79 Å². The Morgan fingerprint density at radius 1 is 1.10 bits per heavy atom. The molecule has 1 aliphatic carbocycles. The van der Waals surface area contributed by atoms with E-state index in [2.05, 4.69) is 10.4 Å². The molecule has 1 aromatic heterocycles. The van der Waals surface area contributed by atoms with Crippen molar-refractivity contribution in [2.45, 2.75) is 32.9 Å². The van der Waals surface area contributed by atoms with E-state index in [4.69, 9.17) is 4.74 Å². The highest BCUT2D eigenvalue weighted by atomic mass is 19.4. The molecule has 0 unspecified atom stereocenters. The van der Waals surface area contributed by atoms with Gasteiger partial charge < -0.3 is 10.1 Å². The van der Waals surface area contributed by atoms with Gasteiger partial charge in [0.05, 0.1) is 29.6 Å². The van der Waals surface area contributed by atoms with Crippen molar-refractivity contribution in [1.29, 1.82) is 0 Å². The quantitative estimate of drug-likeness (QED) is 0.570. The molecule has 1 N–H and O–H groups in total. The zero-order valence-electron chi connectivity index (χ0n) is 17.4. The van der Waals surface area contributed by atoms with E-state index in [1.54, 1.807) is 23.9 Å². The van der Waals surface area contributed by atoms with Crippen molar-refractivity contribution in [3.63, 3.8) is 0 Å². The fraction of sp³-hybridized carbons (Fsp3) is 0.304. The number of benzene rings is 2. The summed E-state index contributed by atoms with van der Waals surface area (Å²) < 4.78 is 46.2. The van der Waals surface area contributed by atoms with Crippen LogP contribution in [0, 0.1) is 5.41 Å². The number of fused-ring (bicyclic) bond motifs is 1. The number of halogens is 3. The maximum Gasteiger partial charge on any atom is 0.416 e. The zero-order valence-corrected chi connectivity index (χ0v) is 17.4. The van der Waals surface area contributed by atoms with Crippen LogP contribution in [0.2, 0.25) is 0 Å². The van der Waals surface area contributed by atoms with Crippen molar-refractivity contribution in [1.82, 2.24) is 9.78 Å². The molecule has 0 aliphatic heterocycles. The molecule has 0 fully saturated rings. The van der Waals surface area contributed by atoms with Gasteiger partial charge in [-0.05, 0) is 54.3 Å². The van der Waals surface area contributed by atoms with Crippen molar-refractivity contribution in [2.24, 2.45) is 5.41 Å². The van der Waals surface area contributed by atoms with Crippen molar-refractivity contribution in [3.8, 4) is 11.4 Å². The van der Waals surface area contributed by atoms with Gasteiger partial charge in [0.1, 0.15) is 5.75 Å². The van der Waals surface area contributed by atoms with Crippen LogP contribution < -0.4 is 10.1 Å². The molecule has 0 radical (unpaired) electrons. The summed E-state index contributed by atoms with van der Waals surface area (Å²) in [6, 6.07) is 12.1. The third-order valence-corrected chi connectivity index (χ3v) is 5.31. The number of carbonyl (C=O) groups excluding carboxylic acids is 1. The SMILES string of the molecule is COc1ccc(-n2nc(Nc3cccc(C(F)(F)F)c3)c3c2CC(C)(C)CC3=O)cc1. The minimum absolute atomic E-state index is 0.0829. The van der Waals surface area contributed by atoms with E-state index in [9.17, 15) is 18.0 Å². The van der Waals surface area contributed by atoms with Crippen molar-refractivity contribution >= 4 is 17.3 Å². The van der Waals surface area contributed by atoms with Crippen LogP contribution in [0.4, 0.5) is 24.7 Å². The Bertz CT molecular complexity index is 1130. The van der Waals surface area contributed by atoms with Gasteiger partial charge in [0.2, 0.25) is 0 Å². The first-order valence-corrected chi connectivity index (χ1v) is 9.81. The number of ketones is 1. The van der Waals surface area contributed by atoms with E-state index in [0.717, 1.165) is 23.5 Å². The molecule has 1 heterocycles. The van der Waals surface area contributed by atoms with Crippen LogP contribution in [0.1, 0.15) is 41.9 Å². The molecule has 31 heavy (non-hydrogen) atoms. The number of nitrogens with zero attached hydrogens (tertiary/aromatic N) is 2. The van der Waals surface area contributed by atoms with Crippen LogP contribution in [-0.4, -0.2) is 22.7 Å². The highest BCUT2D eigenvalue weighted by molar-refractivity contribution is 6.03. The Balaban J connectivity index is 1.80. The van der Waals surface area contributed by atoms with Gasteiger partial charge in [0.25, 0.3) is 0 Å². The van der Waals surface area contributed by atoms with Gasteiger partial charge in [0, 0.05) is 12.1 Å². The third-order valence-electron chi connectivity index (χ3n) is 5.31. The van der Waals surface area contributed by atoms with Gasteiger partial charge in [-0.1, -0.05) is 19.9 Å². The second-order valence-corrected chi connectivity index (χ2v) is 8.42. The Morgan fingerprint density at radius 2 is 1.81 bits per heavy atom. The van der Waals surface area contributed by atoms with Gasteiger partial charge in [-0.25, -0.2) is 4.68 Å². The summed E-state index contributed by atoms with van der Waals surface area (Å²) in [5, 5.41) is 7.52. The lowest BCUT2D eigenvalue weighted by molar-refractivity contribution is -0.137. The Kier molecular flexibility index (Phi) is 5.03. The lowest BCUT2D eigenvalue weighted by Gasteiger charge is -2.29. The minimum atomic E-state index is -4.46. The summed E-state index contributed by atoms with van der Waals surface area (Å²) in [6.45, 7) is 4.03. The number of carbonyl (C=O) groups is 1. The highest BCUT2D eigenvalue weighted by Gasteiger charge is 2.37. The summed E-state index contributed by atoms with van der Waals surface area (Å²) in [5.41, 5.74) is 1.10. The molecule has 0 spiro atoms. The molecule has 0 bridgehead atoms. The topological polar surface area (TPSA) is 56.1 Å². The number of aromatic nitrogens is 2. The molecule has 0 saturated carbocycles. The number of nitrogens with one attached hydrogen (secondary N) is 1. The van der Waals surface area contributed by atoms with E-state index in [-0.39, 0.29) is 22.7 Å². The number of ether oxygens (including phenoxy) is 1. The second kappa shape index (κ2) is 7.44. The number of rotatable bonds is 4. The molecule has 5 nitrogen and oxygen atoms in total. The highest BCUT2D eigenvalue weighted by Crippen LogP contribution is 2.40. The maximum atomic E-state index is 13.1. The molecular weight excluding hydrogens is 407 g/mol. The maximum absolute atomic E-state index is 13.1. The van der Waals surface area contributed by atoms with Gasteiger partial charge in [0.15, 0.2) is 11.6 Å². The predicted octanol–water partition coefficient (Wildman–Crippen LogP) is 5.80. The molecule has 3 aromatic rings. The monoisotopic (exact) mass is 429 g/mol. The first-order valence-electron chi connectivity index (χ1n) is 9.81. The van der Waals surface area contributed by atoms with Crippen molar-refractivity contribution in [2.75, 3.05) is 12.4 Å². The first kappa shape index (κ1) is 21.0. The standard InChI is InChI=1S/C23H22F3N3O2/c1-22(2)12-18-20(19(30)13-22)21(27-15-6-4-5-14(11-15)23(24,25)26)28-29(18)16-7-9-17(31-3)10-8-16/h4-11H,12-13H2,1-3H3,(H,27,28). The lowest BCUT2D eigenvalue weighted by Crippen LogP contribution is -2.28. The van der Waals surface area contributed by atoms with E-state index < -0.39 is 11.7 Å². The van der Waals surface area contributed by atoms with Crippen LogP contribution in [0.3, 0.4) is 0 Å². The zero-order chi connectivity index (χ0) is 22.4. The average molecular weight is 429 g/mol. The third kappa shape index (κ3) is 4.15. The molecule has 0 atom stereocenters. The van der Waals surface area contributed by atoms with Gasteiger partial charge >= 0.3 is 6.18 Å². The van der Waals surface area contributed by atoms with E-state index in [0.29, 0.717) is 24.2 Å². The summed E-state index contributed by atoms with van der Waals surface area (Å²) in [4.78, 5) is 13.0. The number of alkyl halides is 3. The summed E-state index contributed by atoms with van der Waals surface area (Å²) >= 11 is 0. The fourth-order valence-electron chi connectivity index (χ4n) is 3.88. The Hall–Kier alpha value is -3.29. The largest absolute Gasteiger partial charge is 0.497 e. The second-order valence-electron chi connectivity index (χ2n) is 8.42. The van der Waals surface area contributed by atoms with Gasteiger partial charge in [-0.2, -0.15) is 13.2 Å². The smallest absolute Gasteiger partial charge is 0.416 e. The molecule has 162 valence electrons. The number of hydrogen-bond donors (Lipinski definition) is 1. The fourth-order valence-corrected chi connectivity index (χ4v) is 3.88. The van der Waals surface area contributed by atoms with Crippen LogP contribution in [0.25, 0.3) is 5.69 Å². The Labute approximate surface area is 177 Å². The van der Waals surface area contributed by atoms with Crippen LogP contribution >= 0.6 is 0 Å². The van der Waals surface area contributed by atoms with Crippen LogP contribution in [0.5, 0.6) is 5.75 Å². The lowest BCUT2D eigenvalue weighted by atomic mass is 9.76. The number of anilines is 2. The molecule has 0 amide bonds. The normalized spacial score (nSPS) is 15.5. The molecule has 0 saturated heterocycles. The molecule has 4 rings (SSSR count). The van der Waals surface area contributed by atoms with Gasteiger partial charge in [-0.15, -0.1) is 5.10 Å². The first-order chi connectivity index (χ1) is 14.6. The van der Waals surface area contributed by atoms with Crippen molar-refractivity contribution < 1.29 is 22.7 Å². The van der Waals surface area contributed by atoms with Crippen LogP contribution in [0.15, 0.2) is 48.5 Å². The minimum Gasteiger partial charge on any atom is -0.497 e. The molecule has 1 aliphatic rings. The van der Waals surface area contributed by atoms with E-state index in [1.165, 1.54) is 12.1 Å². The van der Waals surface area contributed by atoms with Crippen LogP contribution in [-0.2, 0) is 12.6 Å². The van der Waals surface area contributed by atoms with E-state index in [1.807, 2.05) is 26.0 Å². The van der Waals surface area contributed by atoms with E-state index >= 15 is 0 Å². The summed E-state index contributed by atoms with van der Waals surface area (Å²) in [5.74, 6) is 0.856. The molecule has 8 heteroatoms. The number of Topliss-reactive ketones (excluding diaryl/α,β-unsaturated/α-hetero) is 1. The molecular formula is C23H22F3N3O2. The predicted molar refractivity (Wildman–Crippen MR) is 111 cm³/mol.